The van der Waals surface area contributed by atoms with E-state index in [0.29, 0.717) is 6.42 Å². The Kier molecular flexibility index (Phi) is 4.83. The van der Waals surface area contributed by atoms with Crippen molar-refractivity contribution < 1.29 is 4.79 Å². The van der Waals surface area contributed by atoms with Gasteiger partial charge < -0.3 is 10.2 Å². The summed E-state index contributed by atoms with van der Waals surface area (Å²) < 4.78 is 0. The van der Waals surface area contributed by atoms with E-state index in [9.17, 15) is 4.79 Å². The Bertz CT molecular complexity index is 450. The van der Waals surface area contributed by atoms with Gasteiger partial charge in [-0.15, -0.1) is 0 Å². The second-order valence-electron chi connectivity index (χ2n) is 5.29. The van der Waals surface area contributed by atoms with Gasteiger partial charge in [0.15, 0.2) is 0 Å². The lowest BCUT2D eigenvalue weighted by atomic mass is 10.1. The van der Waals surface area contributed by atoms with E-state index in [0.717, 1.165) is 24.5 Å². The van der Waals surface area contributed by atoms with E-state index in [1.807, 2.05) is 23.1 Å². The zero-order valence-corrected chi connectivity index (χ0v) is 12.3. The molecular formula is C15H21ClN2O. The molecule has 104 valence electrons. The number of carbonyl (C=O) groups excluding carboxylic acids is 1. The van der Waals surface area contributed by atoms with Gasteiger partial charge in [0.25, 0.3) is 0 Å². The van der Waals surface area contributed by atoms with Gasteiger partial charge in [-0.2, -0.15) is 0 Å². The van der Waals surface area contributed by atoms with E-state index in [2.05, 4.69) is 25.2 Å². The van der Waals surface area contributed by atoms with Crippen molar-refractivity contribution in [1.29, 1.82) is 0 Å². The first kappa shape index (κ1) is 14.4. The first-order valence-electron chi connectivity index (χ1n) is 6.85. The van der Waals surface area contributed by atoms with Gasteiger partial charge in [-0.05, 0) is 38.0 Å². The van der Waals surface area contributed by atoms with Crippen LogP contribution in [0.5, 0.6) is 0 Å². The summed E-state index contributed by atoms with van der Waals surface area (Å²) in [5, 5.41) is 4.28. The van der Waals surface area contributed by atoms with Crippen LogP contribution >= 0.6 is 11.6 Å². The molecule has 1 aliphatic rings. The average molecular weight is 281 g/mol. The lowest BCUT2D eigenvalue weighted by Gasteiger charge is -2.25. The fourth-order valence-corrected chi connectivity index (χ4v) is 2.78. The van der Waals surface area contributed by atoms with Crippen LogP contribution < -0.4 is 5.32 Å². The summed E-state index contributed by atoms with van der Waals surface area (Å²) in [6, 6.07) is 8.39. The highest BCUT2D eigenvalue weighted by atomic mass is 35.5. The minimum atomic E-state index is 0.228. The maximum atomic E-state index is 11.6. The second kappa shape index (κ2) is 6.40. The zero-order chi connectivity index (χ0) is 13.8. The Morgan fingerprint density at radius 3 is 2.84 bits per heavy atom. The summed E-state index contributed by atoms with van der Waals surface area (Å²) in [5.41, 5.74) is 1.17. The number of rotatable bonds is 5. The van der Waals surface area contributed by atoms with E-state index in [-0.39, 0.29) is 18.0 Å². The van der Waals surface area contributed by atoms with Crippen LogP contribution in [0.3, 0.4) is 0 Å². The molecule has 4 heteroatoms. The molecule has 0 aromatic heterocycles. The Labute approximate surface area is 119 Å². The highest BCUT2D eigenvalue weighted by molar-refractivity contribution is 6.30. The molecule has 2 unspecified atom stereocenters. The number of carbonyl (C=O) groups is 1. The number of nitrogens with one attached hydrogen (secondary N) is 1. The minimum Gasteiger partial charge on any atom is -0.341 e. The topological polar surface area (TPSA) is 32.3 Å². The maximum absolute atomic E-state index is 11.6. The molecule has 0 saturated carbocycles. The molecule has 1 aliphatic heterocycles. The van der Waals surface area contributed by atoms with Gasteiger partial charge in [0.05, 0.1) is 0 Å². The molecule has 2 atom stereocenters. The van der Waals surface area contributed by atoms with Gasteiger partial charge in [0.2, 0.25) is 5.91 Å². The number of nitrogens with zero attached hydrogens (tertiary/aromatic N) is 1. The average Bonchev–Trinajstić information content (AvgIpc) is 2.75. The molecule has 1 saturated heterocycles. The Hall–Kier alpha value is -1.06. The van der Waals surface area contributed by atoms with Gasteiger partial charge in [0.1, 0.15) is 0 Å². The lowest BCUT2D eigenvalue weighted by molar-refractivity contribution is -0.127. The molecule has 3 nitrogen and oxygen atoms in total. The number of benzene rings is 1. The first-order valence-corrected chi connectivity index (χ1v) is 7.23. The summed E-state index contributed by atoms with van der Waals surface area (Å²) in [5.74, 6) is 0.282. The SMILES string of the molecule is CC(CN1CCCC1=O)NC(C)c1cccc(Cl)c1. The molecule has 2 rings (SSSR count). The molecule has 19 heavy (non-hydrogen) atoms. The Morgan fingerprint density at radius 1 is 1.42 bits per heavy atom. The van der Waals surface area contributed by atoms with Crippen molar-refractivity contribution in [1.82, 2.24) is 10.2 Å². The largest absolute Gasteiger partial charge is 0.341 e. The van der Waals surface area contributed by atoms with Crippen LogP contribution in [0.4, 0.5) is 0 Å². The summed E-state index contributed by atoms with van der Waals surface area (Å²) in [4.78, 5) is 13.5. The van der Waals surface area contributed by atoms with Crippen molar-refractivity contribution in [3.63, 3.8) is 0 Å². The van der Waals surface area contributed by atoms with Gasteiger partial charge in [-0.1, -0.05) is 23.7 Å². The summed E-state index contributed by atoms with van der Waals surface area (Å²) in [7, 11) is 0. The van der Waals surface area contributed by atoms with Crippen LogP contribution in [0.15, 0.2) is 24.3 Å². The number of likely N-dealkylation sites (tertiary alicyclic amines) is 1. The smallest absolute Gasteiger partial charge is 0.222 e. The minimum absolute atomic E-state index is 0.228. The molecule has 0 spiro atoms. The Morgan fingerprint density at radius 2 is 2.21 bits per heavy atom. The van der Waals surface area contributed by atoms with E-state index < -0.39 is 0 Å². The van der Waals surface area contributed by atoms with Crippen LogP contribution in [-0.4, -0.2) is 29.9 Å². The fraction of sp³-hybridized carbons (Fsp3) is 0.533. The quantitative estimate of drug-likeness (QED) is 0.899. The van der Waals surface area contributed by atoms with Crippen LogP contribution in [0.25, 0.3) is 0 Å². The van der Waals surface area contributed by atoms with Crippen molar-refractivity contribution in [2.45, 2.75) is 38.8 Å². The molecule has 1 N–H and O–H groups in total. The van der Waals surface area contributed by atoms with E-state index >= 15 is 0 Å². The van der Waals surface area contributed by atoms with Gasteiger partial charge in [-0.3, -0.25) is 4.79 Å². The predicted octanol–water partition coefficient (Wildman–Crippen LogP) is 3.00. The van der Waals surface area contributed by atoms with Crippen molar-refractivity contribution in [3.8, 4) is 0 Å². The zero-order valence-electron chi connectivity index (χ0n) is 11.5. The Balaban J connectivity index is 1.87. The van der Waals surface area contributed by atoms with Gasteiger partial charge >= 0.3 is 0 Å². The van der Waals surface area contributed by atoms with Gasteiger partial charge in [0, 0.05) is 36.6 Å². The summed E-state index contributed by atoms with van der Waals surface area (Å²) in [6.45, 7) is 5.92. The molecule has 1 aromatic carbocycles. The number of hydrogen-bond donors (Lipinski definition) is 1. The van der Waals surface area contributed by atoms with E-state index in [4.69, 9.17) is 11.6 Å². The van der Waals surface area contributed by atoms with Gasteiger partial charge in [-0.25, -0.2) is 0 Å². The standard InChI is InChI=1S/C15H21ClN2O/c1-11(10-18-8-4-7-15(18)19)17-12(2)13-5-3-6-14(16)9-13/h3,5-6,9,11-12,17H,4,7-8,10H2,1-2H3. The van der Waals surface area contributed by atoms with Crippen LogP contribution in [0.1, 0.15) is 38.3 Å². The third kappa shape index (κ3) is 3.95. The molecule has 1 amide bonds. The fourth-order valence-electron chi connectivity index (χ4n) is 2.58. The van der Waals surface area contributed by atoms with Crippen molar-refractivity contribution in [3.05, 3.63) is 34.9 Å². The number of hydrogen-bond acceptors (Lipinski definition) is 2. The molecule has 1 fully saturated rings. The first-order chi connectivity index (χ1) is 9.06. The van der Waals surface area contributed by atoms with Crippen molar-refractivity contribution >= 4 is 17.5 Å². The van der Waals surface area contributed by atoms with Crippen LogP contribution in [-0.2, 0) is 4.79 Å². The van der Waals surface area contributed by atoms with Crippen LogP contribution in [0, 0.1) is 0 Å². The predicted molar refractivity (Wildman–Crippen MR) is 78.3 cm³/mol. The molecular weight excluding hydrogens is 260 g/mol. The van der Waals surface area contributed by atoms with E-state index in [1.165, 1.54) is 5.56 Å². The molecule has 0 radical (unpaired) electrons. The third-order valence-electron chi connectivity index (χ3n) is 3.55. The molecule has 0 bridgehead atoms. The summed E-state index contributed by atoms with van der Waals surface area (Å²) in [6.07, 6.45) is 1.70. The molecule has 0 aliphatic carbocycles. The highest BCUT2D eigenvalue weighted by Crippen LogP contribution is 2.18. The van der Waals surface area contributed by atoms with Crippen molar-refractivity contribution in [2.24, 2.45) is 0 Å². The number of halogens is 1. The van der Waals surface area contributed by atoms with E-state index in [1.54, 1.807) is 0 Å². The molecule has 1 aromatic rings. The maximum Gasteiger partial charge on any atom is 0.222 e. The molecule has 1 heterocycles. The lowest BCUT2D eigenvalue weighted by Crippen LogP contribution is -2.40. The number of amides is 1. The van der Waals surface area contributed by atoms with Crippen LogP contribution in [0.2, 0.25) is 5.02 Å². The summed E-state index contributed by atoms with van der Waals surface area (Å²) >= 11 is 6.00. The highest BCUT2D eigenvalue weighted by Gasteiger charge is 2.22. The normalized spacial score (nSPS) is 18.7. The monoisotopic (exact) mass is 280 g/mol. The third-order valence-corrected chi connectivity index (χ3v) is 3.78. The van der Waals surface area contributed by atoms with Crippen molar-refractivity contribution in [2.75, 3.05) is 13.1 Å². The second-order valence-corrected chi connectivity index (χ2v) is 5.72.